The Balaban J connectivity index is 2.73. The maximum atomic E-state index is 13.6. The predicted molar refractivity (Wildman–Crippen MR) is 72.7 cm³/mol. The van der Waals surface area contributed by atoms with Crippen molar-refractivity contribution in [2.75, 3.05) is 19.0 Å². The maximum Gasteiger partial charge on any atom is 0.227 e. The van der Waals surface area contributed by atoms with Crippen LogP contribution in [0, 0.1) is 5.82 Å². The molecule has 0 atom stereocenters. The van der Waals surface area contributed by atoms with E-state index in [1.54, 1.807) is 11.0 Å². The van der Waals surface area contributed by atoms with Gasteiger partial charge in [-0.25, -0.2) is 4.39 Å². The van der Waals surface area contributed by atoms with E-state index in [9.17, 15) is 9.18 Å². The number of hydrogen-bond acceptors (Lipinski definition) is 1. The fourth-order valence-electron chi connectivity index (χ4n) is 1.67. The van der Waals surface area contributed by atoms with E-state index in [4.69, 9.17) is 23.2 Å². The SMILES string of the molecule is CCN(CCCCl)C(=O)Cc1c(F)cccc1Cl. The summed E-state index contributed by atoms with van der Waals surface area (Å²) >= 11 is 11.5. The number of rotatable bonds is 6. The van der Waals surface area contributed by atoms with Gasteiger partial charge in [-0.3, -0.25) is 4.79 Å². The first-order valence-electron chi connectivity index (χ1n) is 5.86. The van der Waals surface area contributed by atoms with Gasteiger partial charge in [0, 0.05) is 29.6 Å². The molecule has 1 rings (SSSR count). The van der Waals surface area contributed by atoms with Gasteiger partial charge in [-0.1, -0.05) is 17.7 Å². The Morgan fingerprint density at radius 3 is 2.72 bits per heavy atom. The number of alkyl halides is 1. The van der Waals surface area contributed by atoms with Crippen molar-refractivity contribution in [2.45, 2.75) is 19.8 Å². The fourth-order valence-corrected chi connectivity index (χ4v) is 2.02. The topological polar surface area (TPSA) is 20.3 Å². The van der Waals surface area contributed by atoms with Crippen LogP contribution in [0.3, 0.4) is 0 Å². The van der Waals surface area contributed by atoms with Crippen molar-refractivity contribution in [3.05, 3.63) is 34.6 Å². The molecule has 1 aromatic carbocycles. The van der Waals surface area contributed by atoms with Crippen LogP contribution in [-0.2, 0) is 11.2 Å². The van der Waals surface area contributed by atoms with E-state index in [1.807, 2.05) is 6.92 Å². The number of likely N-dealkylation sites (N-methyl/N-ethyl adjacent to an activating group) is 1. The van der Waals surface area contributed by atoms with E-state index in [0.717, 1.165) is 6.42 Å². The molecule has 0 fully saturated rings. The van der Waals surface area contributed by atoms with Crippen molar-refractivity contribution in [3.63, 3.8) is 0 Å². The number of halogens is 3. The lowest BCUT2D eigenvalue weighted by atomic mass is 10.1. The summed E-state index contributed by atoms with van der Waals surface area (Å²) in [7, 11) is 0. The molecule has 5 heteroatoms. The molecule has 100 valence electrons. The predicted octanol–water partition coefficient (Wildman–Crippen LogP) is 3.50. The van der Waals surface area contributed by atoms with Crippen LogP contribution in [0.25, 0.3) is 0 Å². The van der Waals surface area contributed by atoms with Crippen molar-refractivity contribution in [1.82, 2.24) is 4.90 Å². The summed E-state index contributed by atoms with van der Waals surface area (Å²) in [6.45, 7) is 3.06. The zero-order valence-electron chi connectivity index (χ0n) is 10.3. The van der Waals surface area contributed by atoms with Gasteiger partial charge < -0.3 is 4.90 Å². The second-order valence-corrected chi connectivity index (χ2v) is 4.68. The lowest BCUT2D eigenvalue weighted by molar-refractivity contribution is -0.130. The van der Waals surface area contributed by atoms with Crippen molar-refractivity contribution < 1.29 is 9.18 Å². The second kappa shape index (κ2) is 7.59. The molecule has 0 aliphatic carbocycles. The molecule has 0 saturated carbocycles. The molecule has 1 amide bonds. The molecule has 0 N–H and O–H groups in total. The highest BCUT2D eigenvalue weighted by Gasteiger charge is 2.16. The first-order valence-corrected chi connectivity index (χ1v) is 6.78. The van der Waals surface area contributed by atoms with Crippen LogP contribution in [0.1, 0.15) is 18.9 Å². The van der Waals surface area contributed by atoms with Crippen molar-refractivity contribution in [3.8, 4) is 0 Å². The molecule has 0 aliphatic rings. The lowest BCUT2D eigenvalue weighted by Crippen LogP contribution is -2.33. The highest BCUT2D eigenvalue weighted by atomic mass is 35.5. The van der Waals surface area contributed by atoms with Crippen molar-refractivity contribution in [1.29, 1.82) is 0 Å². The molecule has 0 bridgehead atoms. The van der Waals surface area contributed by atoms with Gasteiger partial charge in [-0.05, 0) is 25.5 Å². The minimum Gasteiger partial charge on any atom is -0.343 e. The molecular weight excluding hydrogens is 276 g/mol. The molecule has 0 saturated heterocycles. The minimum atomic E-state index is -0.441. The van der Waals surface area contributed by atoms with Crippen LogP contribution >= 0.6 is 23.2 Å². The summed E-state index contributed by atoms with van der Waals surface area (Å²) in [5.74, 6) is -0.0663. The molecule has 0 radical (unpaired) electrons. The third kappa shape index (κ3) is 4.14. The normalized spacial score (nSPS) is 10.4. The van der Waals surface area contributed by atoms with Crippen LogP contribution in [0.15, 0.2) is 18.2 Å². The Labute approximate surface area is 117 Å². The Bertz CT molecular complexity index is 392. The van der Waals surface area contributed by atoms with Crippen LogP contribution < -0.4 is 0 Å². The summed E-state index contributed by atoms with van der Waals surface area (Å²) in [5.41, 5.74) is 0.258. The van der Waals surface area contributed by atoms with Crippen molar-refractivity contribution in [2.24, 2.45) is 0 Å². The molecule has 0 aromatic heterocycles. The first kappa shape index (κ1) is 15.3. The van der Waals surface area contributed by atoms with Crippen LogP contribution in [0.5, 0.6) is 0 Å². The number of nitrogens with zero attached hydrogens (tertiary/aromatic N) is 1. The summed E-state index contributed by atoms with van der Waals surface area (Å²) in [4.78, 5) is 13.7. The third-order valence-corrected chi connectivity index (χ3v) is 3.31. The summed E-state index contributed by atoms with van der Waals surface area (Å²) in [6, 6.07) is 4.42. The highest BCUT2D eigenvalue weighted by molar-refractivity contribution is 6.31. The second-order valence-electron chi connectivity index (χ2n) is 3.89. The van der Waals surface area contributed by atoms with Crippen LogP contribution in [0.2, 0.25) is 5.02 Å². The first-order chi connectivity index (χ1) is 8.60. The van der Waals surface area contributed by atoms with Crippen LogP contribution in [-0.4, -0.2) is 29.8 Å². The average Bonchev–Trinajstić information content (AvgIpc) is 2.35. The van der Waals surface area contributed by atoms with Gasteiger partial charge in [0.15, 0.2) is 0 Å². The average molecular weight is 292 g/mol. The standard InChI is InChI=1S/C13H16Cl2FNO/c1-2-17(8-4-7-14)13(18)9-10-11(15)5-3-6-12(10)16/h3,5-6H,2,4,7-9H2,1H3. The van der Waals surface area contributed by atoms with E-state index < -0.39 is 5.82 Å². The van der Waals surface area contributed by atoms with Gasteiger partial charge in [0.25, 0.3) is 0 Å². The monoisotopic (exact) mass is 291 g/mol. The van der Waals surface area contributed by atoms with E-state index in [0.29, 0.717) is 19.0 Å². The Kier molecular flexibility index (Phi) is 6.44. The summed E-state index contributed by atoms with van der Waals surface area (Å²) in [6.07, 6.45) is 0.716. The van der Waals surface area contributed by atoms with Gasteiger partial charge in [0.05, 0.1) is 6.42 Å². The Morgan fingerprint density at radius 2 is 2.17 bits per heavy atom. The van der Waals surface area contributed by atoms with Gasteiger partial charge in [-0.2, -0.15) is 0 Å². The van der Waals surface area contributed by atoms with E-state index >= 15 is 0 Å². The number of benzene rings is 1. The molecule has 18 heavy (non-hydrogen) atoms. The Hall–Kier alpha value is -0.800. The summed E-state index contributed by atoms with van der Waals surface area (Å²) < 4.78 is 13.6. The molecular formula is C13H16Cl2FNO. The fraction of sp³-hybridized carbons (Fsp3) is 0.462. The third-order valence-electron chi connectivity index (χ3n) is 2.69. The van der Waals surface area contributed by atoms with E-state index in [1.165, 1.54) is 12.1 Å². The quantitative estimate of drug-likeness (QED) is 0.735. The molecule has 0 spiro atoms. The minimum absolute atomic E-state index is 0.0123. The lowest BCUT2D eigenvalue weighted by Gasteiger charge is -2.20. The van der Waals surface area contributed by atoms with Gasteiger partial charge in [0.1, 0.15) is 5.82 Å². The number of hydrogen-bond donors (Lipinski definition) is 0. The van der Waals surface area contributed by atoms with Crippen molar-refractivity contribution >= 4 is 29.1 Å². The molecule has 0 heterocycles. The smallest absolute Gasteiger partial charge is 0.227 e. The molecule has 0 unspecified atom stereocenters. The molecule has 0 aliphatic heterocycles. The van der Waals surface area contributed by atoms with Gasteiger partial charge in [0.2, 0.25) is 5.91 Å². The molecule has 2 nitrogen and oxygen atoms in total. The maximum absolute atomic E-state index is 13.6. The van der Waals surface area contributed by atoms with E-state index in [2.05, 4.69) is 0 Å². The number of carbonyl (C=O) groups is 1. The Morgan fingerprint density at radius 1 is 1.44 bits per heavy atom. The molecule has 1 aromatic rings. The van der Waals surface area contributed by atoms with Gasteiger partial charge in [-0.15, -0.1) is 11.6 Å². The highest BCUT2D eigenvalue weighted by Crippen LogP contribution is 2.20. The number of carbonyl (C=O) groups excluding carboxylic acids is 1. The zero-order chi connectivity index (χ0) is 13.5. The summed E-state index contributed by atoms with van der Waals surface area (Å²) in [5, 5.41) is 0.289. The van der Waals surface area contributed by atoms with Crippen LogP contribution in [0.4, 0.5) is 4.39 Å². The zero-order valence-corrected chi connectivity index (χ0v) is 11.8. The van der Waals surface area contributed by atoms with E-state index in [-0.39, 0.29) is 22.9 Å². The largest absolute Gasteiger partial charge is 0.343 e. The number of amides is 1. The van der Waals surface area contributed by atoms with Gasteiger partial charge >= 0.3 is 0 Å².